The first-order chi connectivity index (χ1) is 15.0. The van der Waals surface area contributed by atoms with Gasteiger partial charge in [-0.15, -0.1) is 0 Å². The van der Waals surface area contributed by atoms with E-state index in [1.807, 2.05) is 54.9 Å². The second-order valence-corrected chi connectivity index (χ2v) is 7.87. The van der Waals surface area contributed by atoms with Crippen LogP contribution in [-0.2, 0) is 13.0 Å². The topological polar surface area (TPSA) is 78.8 Å². The van der Waals surface area contributed by atoms with Gasteiger partial charge in [0, 0.05) is 34.2 Å². The molecule has 0 bridgehead atoms. The summed E-state index contributed by atoms with van der Waals surface area (Å²) in [4.78, 5) is 12.6. The Bertz CT molecular complexity index is 1160. The molecule has 0 amide bonds. The predicted octanol–water partition coefficient (Wildman–Crippen LogP) is 5.79. The van der Waals surface area contributed by atoms with E-state index in [2.05, 4.69) is 20.3 Å². The molecule has 4 rings (SSSR count). The summed E-state index contributed by atoms with van der Waals surface area (Å²) < 4.78 is 1.95. The number of nitrogens with one attached hydrogen (secondary N) is 2. The maximum atomic E-state index is 9.17. The smallest absolute Gasteiger partial charge is 0.203 e. The zero-order valence-corrected chi connectivity index (χ0v) is 19.6. The third-order valence-electron chi connectivity index (χ3n) is 4.42. The minimum absolute atomic E-state index is 0.00828. The lowest BCUT2D eigenvalue weighted by Crippen LogP contribution is -2.12. The van der Waals surface area contributed by atoms with Crippen LogP contribution in [0.4, 0.5) is 5.95 Å². The van der Waals surface area contributed by atoms with Crippen LogP contribution >= 0.6 is 34.8 Å². The van der Waals surface area contributed by atoms with Gasteiger partial charge in [0.15, 0.2) is 0 Å². The fraction of sp³-hybridized carbons (Fsp3) is 0.273. The molecule has 0 aliphatic heterocycles. The molecule has 164 valence electrons. The number of fused-ring (bicyclic) bond motifs is 1. The summed E-state index contributed by atoms with van der Waals surface area (Å²) in [5.41, 5.74) is 3.51. The van der Waals surface area contributed by atoms with Gasteiger partial charge in [-0.05, 0) is 35.9 Å². The molecule has 2 heterocycles. The van der Waals surface area contributed by atoms with Gasteiger partial charge >= 0.3 is 0 Å². The van der Waals surface area contributed by atoms with E-state index in [0.717, 1.165) is 28.1 Å². The van der Waals surface area contributed by atoms with Crippen LogP contribution in [-0.4, -0.2) is 37.8 Å². The molecule has 4 aromatic rings. The Morgan fingerprint density at radius 2 is 1.77 bits per heavy atom. The largest absolute Gasteiger partial charge is 0.395 e. The lowest BCUT2D eigenvalue weighted by Gasteiger charge is -2.06. The number of halogens is 3. The van der Waals surface area contributed by atoms with Crippen molar-refractivity contribution in [2.45, 2.75) is 26.8 Å². The van der Waals surface area contributed by atoms with Crippen LogP contribution in [0, 0.1) is 0 Å². The van der Waals surface area contributed by atoms with E-state index in [-0.39, 0.29) is 6.61 Å². The van der Waals surface area contributed by atoms with Gasteiger partial charge in [0.2, 0.25) is 5.95 Å². The summed E-state index contributed by atoms with van der Waals surface area (Å²) in [6.07, 6.45) is 2.51. The van der Waals surface area contributed by atoms with E-state index >= 15 is 0 Å². The van der Waals surface area contributed by atoms with Gasteiger partial charge in [0.1, 0.15) is 5.82 Å². The van der Waals surface area contributed by atoms with Crippen LogP contribution in [0.5, 0.6) is 0 Å². The third kappa shape index (κ3) is 5.92. The molecule has 0 saturated heterocycles. The molecule has 9 heteroatoms. The molecule has 0 atom stereocenters. The number of nitrogens with zero attached hydrogens (tertiary/aromatic N) is 3. The summed E-state index contributed by atoms with van der Waals surface area (Å²) in [6, 6.07) is 11.0. The number of rotatable bonds is 7. The number of imidazole rings is 2. The number of aromatic nitrogens is 4. The van der Waals surface area contributed by atoms with Gasteiger partial charge < -0.3 is 20.0 Å². The van der Waals surface area contributed by atoms with Crippen molar-refractivity contribution in [3.05, 3.63) is 74.7 Å². The fourth-order valence-electron chi connectivity index (χ4n) is 3.12. The maximum Gasteiger partial charge on any atom is 0.203 e. The highest BCUT2D eigenvalue weighted by molar-refractivity contribution is 6.35. The van der Waals surface area contributed by atoms with E-state index in [1.54, 1.807) is 6.07 Å². The van der Waals surface area contributed by atoms with Crippen LogP contribution < -0.4 is 5.32 Å². The normalized spacial score (nSPS) is 10.8. The first-order valence-electron chi connectivity index (χ1n) is 10.0. The molecule has 0 spiro atoms. The number of aromatic amines is 1. The Kier molecular flexibility index (Phi) is 8.21. The molecular weight excluding hydrogens is 457 g/mol. The van der Waals surface area contributed by atoms with Gasteiger partial charge in [0.25, 0.3) is 0 Å². The number of anilines is 1. The SMILES string of the molecule is CC.OCCNc1nc(Cc2ccc(Cl)cc2Cl)cn1Cc1nc2ccc(Cl)cc2[nH]1. The van der Waals surface area contributed by atoms with Gasteiger partial charge in [-0.3, -0.25) is 0 Å². The van der Waals surface area contributed by atoms with E-state index < -0.39 is 0 Å². The van der Waals surface area contributed by atoms with Crippen LogP contribution in [0.2, 0.25) is 15.1 Å². The zero-order chi connectivity index (χ0) is 22.4. The van der Waals surface area contributed by atoms with E-state index in [4.69, 9.17) is 34.8 Å². The monoisotopic (exact) mass is 479 g/mol. The standard InChI is InChI=1S/C20H18Cl3N5O.C2H6/c21-13-2-1-12(16(23)8-13)7-15-10-28(20(25-15)24-5-6-29)11-19-26-17-4-3-14(22)9-18(17)27-19;1-2/h1-4,8-10,29H,5-7,11H2,(H,24,25)(H,26,27);1-2H3. The van der Waals surface area contributed by atoms with E-state index in [0.29, 0.717) is 40.5 Å². The molecular formula is C22H24Cl3N5O. The quantitative estimate of drug-likeness (QED) is 0.313. The van der Waals surface area contributed by atoms with Crippen molar-refractivity contribution in [2.75, 3.05) is 18.5 Å². The number of hydrogen-bond acceptors (Lipinski definition) is 4. The molecule has 0 aliphatic rings. The Labute approximate surface area is 196 Å². The van der Waals surface area contributed by atoms with Gasteiger partial charge in [-0.1, -0.05) is 54.7 Å². The number of H-pyrrole nitrogens is 1. The highest BCUT2D eigenvalue weighted by Gasteiger charge is 2.13. The molecule has 6 nitrogen and oxygen atoms in total. The Hall–Kier alpha value is -2.25. The van der Waals surface area contributed by atoms with E-state index in [1.165, 1.54) is 0 Å². The number of aliphatic hydroxyl groups excluding tert-OH is 1. The molecule has 3 N–H and O–H groups in total. The van der Waals surface area contributed by atoms with Gasteiger partial charge in [-0.25, -0.2) is 9.97 Å². The van der Waals surface area contributed by atoms with Crippen LogP contribution in [0.1, 0.15) is 30.9 Å². The van der Waals surface area contributed by atoms with Crippen molar-refractivity contribution in [1.82, 2.24) is 19.5 Å². The Morgan fingerprint density at radius 3 is 2.52 bits per heavy atom. The average Bonchev–Trinajstić information content (AvgIpc) is 3.32. The van der Waals surface area contributed by atoms with Crippen molar-refractivity contribution in [3.63, 3.8) is 0 Å². The molecule has 0 unspecified atom stereocenters. The summed E-state index contributed by atoms with van der Waals surface area (Å²) >= 11 is 18.3. The lowest BCUT2D eigenvalue weighted by atomic mass is 10.1. The summed E-state index contributed by atoms with van der Waals surface area (Å²) in [5, 5.41) is 14.2. The minimum atomic E-state index is 0.00828. The lowest BCUT2D eigenvalue weighted by molar-refractivity contribution is 0.310. The van der Waals surface area contributed by atoms with Crippen LogP contribution in [0.15, 0.2) is 42.6 Å². The summed E-state index contributed by atoms with van der Waals surface area (Å²) in [7, 11) is 0. The van der Waals surface area contributed by atoms with E-state index in [9.17, 15) is 5.11 Å². The molecule has 2 aromatic heterocycles. The van der Waals surface area contributed by atoms with Gasteiger partial charge in [0.05, 0.1) is 29.9 Å². The highest BCUT2D eigenvalue weighted by atomic mass is 35.5. The summed E-state index contributed by atoms with van der Waals surface area (Å²) in [6.45, 7) is 4.89. The van der Waals surface area contributed by atoms with Crippen LogP contribution in [0.25, 0.3) is 11.0 Å². The van der Waals surface area contributed by atoms with Crippen molar-refractivity contribution in [1.29, 1.82) is 0 Å². The summed E-state index contributed by atoms with van der Waals surface area (Å²) in [5.74, 6) is 1.43. The zero-order valence-electron chi connectivity index (χ0n) is 17.3. The molecule has 0 saturated carbocycles. The highest BCUT2D eigenvalue weighted by Crippen LogP contribution is 2.24. The Morgan fingerprint density at radius 1 is 1.03 bits per heavy atom. The van der Waals surface area contributed by atoms with Crippen molar-refractivity contribution < 1.29 is 5.11 Å². The first kappa shape index (κ1) is 23.4. The molecule has 31 heavy (non-hydrogen) atoms. The minimum Gasteiger partial charge on any atom is -0.395 e. The third-order valence-corrected chi connectivity index (χ3v) is 5.24. The van der Waals surface area contributed by atoms with Crippen molar-refractivity contribution in [3.8, 4) is 0 Å². The number of aliphatic hydroxyl groups is 1. The van der Waals surface area contributed by atoms with Crippen molar-refractivity contribution >= 4 is 51.8 Å². The number of benzene rings is 2. The fourth-order valence-corrected chi connectivity index (χ4v) is 3.76. The van der Waals surface area contributed by atoms with Crippen LogP contribution in [0.3, 0.4) is 0 Å². The predicted molar refractivity (Wildman–Crippen MR) is 129 cm³/mol. The molecule has 2 aromatic carbocycles. The van der Waals surface area contributed by atoms with Gasteiger partial charge in [-0.2, -0.15) is 0 Å². The molecule has 0 radical (unpaired) electrons. The average molecular weight is 481 g/mol. The number of hydrogen-bond donors (Lipinski definition) is 3. The second-order valence-electron chi connectivity index (χ2n) is 6.59. The molecule has 0 aliphatic carbocycles. The molecule has 0 fully saturated rings. The first-order valence-corrected chi connectivity index (χ1v) is 11.1. The second kappa shape index (κ2) is 10.9. The maximum absolute atomic E-state index is 9.17. The van der Waals surface area contributed by atoms with Crippen molar-refractivity contribution in [2.24, 2.45) is 0 Å². The Balaban J connectivity index is 0.00000132.